The van der Waals surface area contributed by atoms with E-state index in [0.717, 1.165) is 11.1 Å². The van der Waals surface area contributed by atoms with Crippen LogP contribution in [0.1, 0.15) is 26.7 Å². The number of aliphatic hydroxyl groups excluding tert-OH is 1. The summed E-state index contributed by atoms with van der Waals surface area (Å²) in [5.41, 5.74) is 2.41. The molecule has 1 heterocycles. The van der Waals surface area contributed by atoms with Crippen LogP contribution in [0.4, 0.5) is 0 Å². The van der Waals surface area contributed by atoms with Crippen molar-refractivity contribution >= 4 is 11.9 Å². The van der Waals surface area contributed by atoms with Gasteiger partial charge in [0.25, 0.3) is 5.91 Å². The molecule has 2 atom stereocenters. The molecule has 0 aromatic heterocycles. The van der Waals surface area contributed by atoms with Crippen molar-refractivity contribution in [2.24, 2.45) is 11.8 Å². The lowest BCUT2D eigenvalue weighted by molar-refractivity contribution is -0.140. The fourth-order valence-corrected chi connectivity index (χ4v) is 2.97. The molecule has 1 amide bonds. The van der Waals surface area contributed by atoms with Gasteiger partial charge in [0.1, 0.15) is 0 Å². The molecule has 0 spiro atoms. The normalized spacial score (nSPS) is 21.9. The molecule has 5 nitrogen and oxygen atoms in total. The fourth-order valence-electron chi connectivity index (χ4n) is 2.97. The summed E-state index contributed by atoms with van der Waals surface area (Å²) in [5, 5.41) is 19.3. The van der Waals surface area contributed by atoms with Crippen LogP contribution in [0.15, 0.2) is 47.6 Å². The van der Waals surface area contributed by atoms with E-state index in [2.05, 4.69) is 20.4 Å². The summed E-state index contributed by atoms with van der Waals surface area (Å²) in [6, 6.07) is 0. The zero-order chi connectivity index (χ0) is 17.9. The van der Waals surface area contributed by atoms with Gasteiger partial charge >= 0.3 is 5.97 Å². The monoisotopic (exact) mass is 331 g/mol. The van der Waals surface area contributed by atoms with E-state index in [9.17, 15) is 14.7 Å². The van der Waals surface area contributed by atoms with E-state index in [0.29, 0.717) is 37.4 Å². The quantitative estimate of drug-likeness (QED) is 0.732. The van der Waals surface area contributed by atoms with Crippen LogP contribution in [0.25, 0.3) is 0 Å². The number of hydrogen-bond acceptors (Lipinski definition) is 3. The predicted octanol–water partition coefficient (Wildman–Crippen LogP) is 2.31. The summed E-state index contributed by atoms with van der Waals surface area (Å²) in [4.78, 5) is 25.5. The third-order valence-electron chi connectivity index (χ3n) is 4.54. The van der Waals surface area contributed by atoms with Crippen molar-refractivity contribution in [1.82, 2.24) is 4.90 Å². The van der Waals surface area contributed by atoms with Crippen LogP contribution in [-0.2, 0) is 9.59 Å². The third kappa shape index (κ3) is 4.03. The maximum Gasteiger partial charge on any atom is 0.310 e. The highest BCUT2D eigenvalue weighted by atomic mass is 16.4. The van der Waals surface area contributed by atoms with Crippen molar-refractivity contribution in [3.63, 3.8) is 0 Å². The molecule has 0 aromatic rings. The van der Waals surface area contributed by atoms with Gasteiger partial charge in [0.15, 0.2) is 0 Å². The summed E-state index contributed by atoms with van der Waals surface area (Å²) in [5.74, 6) is -1.42. The Hall–Kier alpha value is -2.14. The second-order valence-electron chi connectivity index (χ2n) is 6.64. The number of rotatable bonds is 6. The first-order chi connectivity index (χ1) is 11.3. The molecule has 2 N–H and O–H groups in total. The molecule has 0 fully saturated rings. The van der Waals surface area contributed by atoms with Crippen molar-refractivity contribution < 1.29 is 19.8 Å². The molecule has 24 heavy (non-hydrogen) atoms. The topological polar surface area (TPSA) is 77.8 Å². The lowest BCUT2D eigenvalue weighted by Gasteiger charge is -2.25. The summed E-state index contributed by atoms with van der Waals surface area (Å²) >= 11 is 0. The van der Waals surface area contributed by atoms with Gasteiger partial charge in [-0.05, 0) is 30.4 Å². The number of amides is 1. The van der Waals surface area contributed by atoms with E-state index in [4.69, 9.17) is 5.11 Å². The molecule has 1 aliphatic carbocycles. The highest BCUT2D eigenvalue weighted by molar-refractivity contribution is 5.95. The molecule has 0 bridgehead atoms. The number of carbonyl (C=O) groups is 2. The maximum atomic E-state index is 12.7. The molecule has 0 saturated carbocycles. The average molecular weight is 331 g/mol. The average Bonchev–Trinajstić information content (AvgIpc) is 3.00. The van der Waals surface area contributed by atoms with Gasteiger partial charge in [-0.1, -0.05) is 37.6 Å². The Bertz CT molecular complexity index is 627. The van der Waals surface area contributed by atoms with Crippen LogP contribution in [0.2, 0.25) is 0 Å². The molecule has 5 heteroatoms. The minimum atomic E-state index is -0.909. The van der Waals surface area contributed by atoms with Gasteiger partial charge < -0.3 is 15.1 Å². The number of hydrogen-bond donors (Lipinski definition) is 2. The largest absolute Gasteiger partial charge is 0.481 e. The first-order valence-corrected chi connectivity index (χ1v) is 8.25. The molecule has 0 saturated heterocycles. The minimum absolute atomic E-state index is 0.175. The molecule has 2 unspecified atom stereocenters. The smallest absolute Gasteiger partial charge is 0.310 e. The Morgan fingerprint density at radius 1 is 1.42 bits per heavy atom. The Kier molecular flexibility index (Phi) is 5.78. The number of nitrogens with zero attached hydrogens (tertiary/aromatic N) is 1. The highest BCUT2D eigenvalue weighted by Crippen LogP contribution is 2.26. The SMILES string of the molecule is C=CC(CC1=CCN(C(=O)C2=CC(C(C)C)=CCC2O)C1)C(=O)O. The molecular formula is C19H25NO4. The molecule has 2 rings (SSSR count). The van der Waals surface area contributed by atoms with Gasteiger partial charge in [0.2, 0.25) is 0 Å². The summed E-state index contributed by atoms with van der Waals surface area (Å²) in [6.07, 6.45) is 7.12. The van der Waals surface area contributed by atoms with Crippen LogP contribution >= 0.6 is 0 Å². The van der Waals surface area contributed by atoms with Crippen LogP contribution in [0.3, 0.4) is 0 Å². The molecule has 0 radical (unpaired) electrons. The lowest BCUT2D eigenvalue weighted by atomic mass is 9.90. The Balaban J connectivity index is 2.04. The van der Waals surface area contributed by atoms with Crippen molar-refractivity contribution in [1.29, 1.82) is 0 Å². The molecule has 130 valence electrons. The lowest BCUT2D eigenvalue weighted by Crippen LogP contribution is -2.35. The van der Waals surface area contributed by atoms with E-state index in [-0.39, 0.29) is 5.91 Å². The van der Waals surface area contributed by atoms with Crippen LogP contribution in [0.5, 0.6) is 0 Å². The van der Waals surface area contributed by atoms with Crippen molar-refractivity contribution in [3.05, 3.63) is 47.6 Å². The zero-order valence-electron chi connectivity index (χ0n) is 14.2. The number of carbonyl (C=O) groups excluding carboxylic acids is 1. The Morgan fingerprint density at radius 3 is 2.71 bits per heavy atom. The van der Waals surface area contributed by atoms with Gasteiger partial charge in [-0.25, -0.2) is 0 Å². The molecular weight excluding hydrogens is 306 g/mol. The van der Waals surface area contributed by atoms with Gasteiger partial charge in [-0.15, -0.1) is 6.58 Å². The standard InChI is InChI=1S/C19H25NO4/c1-4-14(19(23)24)9-13-7-8-20(11-13)18(22)16-10-15(12(2)3)5-6-17(16)21/h4-5,7,10,12,14,17,21H,1,6,8-9,11H2,2-3H3,(H,23,24). The Morgan fingerprint density at radius 2 is 2.12 bits per heavy atom. The number of carboxylic acids is 1. The Labute approximate surface area is 142 Å². The first-order valence-electron chi connectivity index (χ1n) is 8.25. The second-order valence-corrected chi connectivity index (χ2v) is 6.64. The number of aliphatic hydroxyl groups is 1. The van der Waals surface area contributed by atoms with Crippen molar-refractivity contribution in [3.8, 4) is 0 Å². The fraction of sp³-hybridized carbons (Fsp3) is 0.474. The van der Waals surface area contributed by atoms with Gasteiger partial charge in [-0.2, -0.15) is 0 Å². The molecule has 1 aliphatic heterocycles. The van der Waals surface area contributed by atoms with Crippen LogP contribution < -0.4 is 0 Å². The second kappa shape index (κ2) is 7.62. The summed E-state index contributed by atoms with van der Waals surface area (Å²) in [6.45, 7) is 8.51. The zero-order valence-corrected chi connectivity index (χ0v) is 14.2. The highest BCUT2D eigenvalue weighted by Gasteiger charge is 2.29. The van der Waals surface area contributed by atoms with E-state index < -0.39 is 18.0 Å². The van der Waals surface area contributed by atoms with E-state index >= 15 is 0 Å². The minimum Gasteiger partial charge on any atom is -0.481 e. The van der Waals surface area contributed by atoms with Gasteiger partial charge in [0, 0.05) is 18.7 Å². The summed E-state index contributed by atoms with van der Waals surface area (Å²) in [7, 11) is 0. The van der Waals surface area contributed by atoms with Crippen LogP contribution in [-0.4, -0.2) is 46.2 Å². The number of allylic oxidation sites excluding steroid dienone is 2. The third-order valence-corrected chi connectivity index (χ3v) is 4.54. The van der Waals surface area contributed by atoms with Gasteiger partial charge in [0.05, 0.1) is 12.0 Å². The first kappa shape index (κ1) is 18.2. The van der Waals surface area contributed by atoms with Crippen LogP contribution in [0, 0.1) is 11.8 Å². The number of aliphatic carboxylic acids is 1. The van der Waals surface area contributed by atoms with Crippen molar-refractivity contribution in [2.45, 2.75) is 32.8 Å². The summed E-state index contributed by atoms with van der Waals surface area (Å²) < 4.78 is 0. The number of carboxylic acid groups (broad SMARTS) is 1. The van der Waals surface area contributed by atoms with Gasteiger partial charge in [-0.3, -0.25) is 9.59 Å². The van der Waals surface area contributed by atoms with E-state index in [1.54, 1.807) is 11.0 Å². The maximum absolute atomic E-state index is 12.7. The predicted molar refractivity (Wildman–Crippen MR) is 92.2 cm³/mol. The van der Waals surface area contributed by atoms with E-state index in [1.807, 2.05) is 12.2 Å². The van der Waals surface area contributed by atoms with Crippen molar-refractivity contribution in [2.75, 3.05) is 13.1 Å². The van der Waals surface area contributed by atoms with E-state index in [1.165, 1.54) is 6.08 Å². The molecule has 0 aromatic carbocycles. The molecule has 2 aliphatic rings.